The molecule has 0 aliphatic heterocycles. The third kappa shape index (κ3) is 4.12. The molecule has 1 amide bonds. The van der Waals surface area contributed by atoms with Gasteiger partial charge in [-0.15, -0.1) is 11.3 Å². The van der Waals surface area contributed by atoms with E-state index in [-0.39, 0.29) is 10.6 Å². The number of halogens is 2. The number of carbonyl (C=O) groups is 2. The molecule has 0 aliphatic rings. The number of carbonyl (C=O) groups excluding carboxylic acids is 2. The van der Waals surface area contributed by atoms with E-state index in [1.807, 2.05) is 0 Å². The van der Waals surface area contributed by atoms with Gasteiger partial charge in [0.1, 0.15) is 10.7 Å². The Balaban J connectivity index is 1.68. The van der Waals surface area contributed by atoms with Gasteiger partial charge in [0.05, 0.1) is 4.92 Å². The molecule has 28 heavy (non-hydrogen) atoms. The normalized spacial score (nSPS) is 11.8. The van der Waals surface area contributed by atoms with Crippen molar-refractivity contribution in [2.45, 2.75) is 13.0 Å². The van der Waals surface area contributed by atoms with Gasteiger partial charge in [0.2, 0.25) is 5.82 Å². The summed E-state index contributed by atoms with van der Waals surface area (Å²) in [5, 5.41) is 13.6. The van der Waals surface area contributed by atoms with E-state index in [1.165, 1.54) is 31.2 Å². The van der Waals surface area contributed by atoms with Gasteiger partial charge >= 0.3 is 11.7 Å². The van der Waals surface area contributed by atoms with Gasteiger partial charge < -0.3 is 10.1 Å². The summed E-state index contributed by atoms with van der Waals surface area (Å²) in [7, 11) is 0. The summed E-state index contributed by atoms with van der Waals surface area (Å²) in [4.78, 5) is 34.4. The third-order valence-electron chi connectivity index (χ3n) is 3.74. The van der Waals surface area contributed by atoms with Crippen LogP contribution >= 0.6 is 11.3 Å². The molecule has 2 aromatic carbocycles. The van der Waals surface area contributed by atoms with Crippen LogP contribution in [0, 0.1) is 21.7 Å². The van der Waals surface area contributed by atoms with Crippen LogP contribution in [0.15, 0.2) is 42.5 Å². The van der Waals surface area contributed by atoms with Gasteiger partial charge in [-0.2, -0.15) is 4.39 Å². The van der Waals surface area contributed by atoms with Gasteiger partial charge in [-0.1, -0.05) is 0 Å². The molecule has 0 bridgehead atoms. The Labute approximate surface area is 160 Å². The topological polar surface area (TPSA) is 98.5 Å². The number of ether oxygens (including phenoxy) is 1. The van der Waals surface area contributed by atoms with Crippen LogP contribution in [0.1, 0.15) is 16.6 Å². The quantitative estimate of drug-likeness (QED) is 0.388. The summed E-state index contributed by atoms with van der Waals surface area (Å²) >= 11 is 1.09. The summed E-state index contributed by atoms with van der Waals surface area (Å²) in [6, 6.07) is 8.40. The highest BCUT2D eigenvalue weighted by Gasteiger charge is 2.22. The lowest BCUT2D eigenvalue weighted by Crippen LogP contribution is -2.29. The smallest absolute Gasteiger partial charge is 0.349 e. The zero-order valence-corrected chi connectivity index (χ0v) is 15.1. The predicted molar refractivity (Wildman–Crippen MR) is 98.3 cm³/mol. The van der Waals surface area contributed by atoms with Crippen LogP contribution in [0.3, 0.4) is 0 Å². The minimum absolute atomic E-state index is 0.0154. The second-order valence-electron chi connectivity index (χ2n) is 5.75. The minimum atomic E-state index is -1.22. The van der Waals surface area contributed by atoms with Crippen LogP contribution in [0.4, 0.5) is 20.2 Å². The number of anilines is 1. The van der Waals surface area contributed by atoms with Crippen molar-refractivity contribution < 1.29 is 28.0 Å². The molecule has 10 heteroatoms. The number of nitro benzene ring substituents is 1. The van der Waals surface area contributed by atoms with Gasteiger partial charge in [0.25, 0.3) is 5.91 Å². The van der Waals surface area contributed by atoms with E-state index in [4.69, 9.17) is 4.74 Å². The molecule has 1 N–H and O–H groups in total. The largest absolute Gasteiger partial charge is 0.448 e. The Bertz CT molecular complexity index is 1100. The molecule has 0 saturated carbocycles. The molecule has 1 atom stereocenters. The molecule has 3 aromatic rings. The van der Waals surface area contributed by atoms with E-state index < -0.39 is 40.2 Å². The average molecular weight is 406 g/mol. The molecule has 0 unspecified atom stereocenters. The van der Waals surface area contributed by atoms with Crippen molar-refractivity contribution >= 4 is 44.7 Å². The van der Waals surface area contributed by atoms with E-state index in [9.17, 15) is 28.5 Å². The first-order valence-electron chi connectivity index (χ1n) is 7.89. The maximum absolute atomic E-state index is 13.3. The first-order chi connectivity index (χ1) is 13.2. The lowest BCUT2D eigenvalue weighted by Gasteiger charge is -2.13. The molecular formula is C18H12F2N2O5S. The van der Waals surface area contributed by atoms with Crippen LogP contribution in [-0.4, -0.2) is 22.9 Å². The summed E-state index contributed by atoms with van der Waals surface area (Å²) < 4.78 is 32.4. The molecule has 1 aromatic heterocycles. The molecule has 3 rings (SSSR count). The fraction of sp³-hybridized carbons (Fsp3) is 0.111. The van der Waals surface area contributed by atoms with Crippen LogP contribution in [0.5, 0.6) is 0 Å². The maximum Gasteiger partial charge on any atom is 0.349 e. The van der Waals surface area contributed by atoms with Gasteiger partial charge in [0, 0.05) is 16.5 Å². The third-order valence-corrected chi connectivity index (χ3v) is 4.84. The number of nitrogens with one attached hydrogen (secondary N) is 1. The van der Waals surface area contributed by atoms with Gasteiger partial charge in [-0.25, -0.2) is 9.18 Å². The zero-order valence-electron chi connectivity index (χ0n) is 14.3. The number of thiophene rings is 1. The first kappa shape index (κ1) is 19.4. The Morgan fingerprint density at radius 3 is 2.64 bits per heavy atom. The summed E-state index contributed by atoms with van der Waals surface area (Å²) in [6.07, 6.45) is -1.22. The molecule has 0 aliphatic carbocycles. The first-order valence-corrected chi connectivity index (χ1v) is 8.71. The number of hydrogen-bond donors (Lipinski definition) is 1. The molecule has 7 nitrogen and oxygen atoms in total. The average Bonchev–Trinajstić information content (AvgIpc) is 3.06. The monoisotopic (exact) mass is 406 g/mol. The fourth-order valence-corrected chi connectivity index (χ4v) is 3.29. The Morgan fingerprint density at radius 2 is 1.93 bits per heavy atom. The van der Waals surface area contributed by atoms with Gasteiger partial charge in [-0.3, -0.25) is 14.9 Å². The predicted octanol–water partition coefficient (Wildman–Crippen LogP) is 4.27. The number of nitro groups is 1. The minimum Gasteiger partial charge on any atom is -0.448 e. The number of benzene rings is 2. The molecule has 1 heterocycles. The Hall–Kier alpha value is -3.40. The zero-order chi connectivity index (χ0) is 20.4. The molecular weight excluding hydrogens is 394 g/mol. The Morgan fingerprint density at radius 1 is 1.18 bits per heavy atom. The fourth-order valence-electron chi connectivity index (χ4n) is 2.36. The van der Waals surface area contributed by atoms with Crippen molar-refractivity contribution in [3.05, 3.63) is 69.1 Å². The number of esters is 1. The molecule has 144 valence electrons. The molecule has 0 spiro atoms. The lowest BCUT2D eigenvalue weighted by atomic mass is 10.2. The highest BCUT2D eigenvalue weighted by Crippen LogP contribution is 2.27. The second kappa shape index (κ2) is 7.69. The van der Waals surface area contributed by atoms with Crippen LogP contribution in [-0.2, 0) is 9.53 Å². The second-order valence-corrected chi connectivity index (χ2v) is 6.84. The van der Waals surface area contributed by atoms with E-state index in [0.717, 1.165) is 29.5 Å². The molecule has 0 saturated heterocycles. The van der Waals surface area contributed by atoms with Gasteiger partial charge in [-0.05, 0) is 48.7 Å². The molecule has 0 radical (unpaired) electrons. The number of nitrogens with zero attached hydrogens (tertiary/aromatic N) is 1. The summed E-state index contributed by atoms with van der Waals surface area (Å²) in [5.74, 6) is -2.99. The van der Waals surface area contributed by atoms with E-state index in [2.05, 4.69) is 5.32 Å². The van der Waals surface area contributed by atoms with Crippen molar-refractivity contribution in [3.8, 4) is 0 Å². The van der Waals surface area contributed by atoms with Crippen molar-refractivity contribution in [1.29, 1.82) is 0 Å². The van der Waals surface area contributed by atoms with Crippen LogP contribution in [0.25, 0.3) is 10.1 Å². The number of fused-ring (bicyclic) bond motifs is 1. The van der Waals surface area contributed by atoms with Crippen molar-refractivity contribution in [3.63, 3.8) is 0 Å². The SMILES string of the molecule is C[C@H](OC(=O)c1cc2cc(F)ccc2s1)C(=O)Nc1ccc(F)c([N+](=O)[O-])c1. The van der Waals surface area contributed by atoms with E-state index in [0.29, 0.717) is 10.1 Å². The highest BCUT2D eigenvalue weighted by atomic mass is 32.1. The van der Waals surface area contributed by atoms with Crippen molar-refractivity contribution in [2.75, 3.05) is 5.32 Å². The van der Waals surface area contributed by atoms with Crippen LogP contribution < -0.4 is 5.32 Å². The Kier molecular flexibility index (Phi) is 5.32. The summed E-state index contributed by atoms with van der Waals surface area (Å²) in [6.45, 7) is 1.32. The standard InChI is InChI=1S/C18H12F2N2O5S/c1-9(17(23)21-12-3-4-13(20)14(8-12)22(25)26)27-18(24)16-7-10-6-11(19)2-5-15(10)28-16/h2-9H,1H3,(H,21,23)/t9-/m0/s1. The maximum atomic E-state index is 13.3. The number of rotatable bonds is 5. The van der Waals surface area contributed by atoms with Gasteiger partial charge in [0.15, 0.2) is 6.10 Å². The van der Waals surface area contributed by atoms with Crippen molar-refractivity contribution in [1.82, 2.24) is 0 Å². The number of hydrogen-bond acceptors (Lipinski definition) is 6. The number of amides is 1. The highest BCUT2D eigenvalue weighted by molar-refractivity contribution is 7.20. The molecule has 0 fully saturated rings. The summed E-state index contributed by atoms with van der Waals surface area (Å²) in [5.41, 5.74) is -0.807. The van der Waals surface area contributed by atoms with Crippen molar-refractivity contribution in [2.24, 2.45) is 0 Å². The van der Waals surface area contributed by atoms with E-state index >= 15 is 0 Å². The van der Waals surface area contributed by atoms with Crippen LogP contribution in [0.2, 0.25) is 0 Å². The van der Waals surface area contributed by atoms with E-state index in [1.54, 1.807) is 0 Å². The lowest BCUT2D eigenvalue weighted by molar-refractivity contribution is -0.387.